The summed E-state index contributed by atoms with van der Waals surface area (Å²) in [5.41, 5.74) is -0.793. The summed E-state index contributed by atoms with van der Waals surface area (Å²) in [7, 11) is 0. The van der Waals surface area contributed by atoms with Gasteiger partial charge in [-0.15, -0.1) is 6.58 Å². The van der Waals surface area contributed by atoms with Crippen molar-refractivity contribution < 1.29 is 18.0 Å². The van der Waals surface area contributed by atoms with Gasteiger partial charge in [0.05, 0.1) is 5.56 Å². The number of alkyl halides is 5. The molecular formula is C12H10Cl2F3NO. The number of halogens is 5. The molecular weight excluding hydrogens is 302 g/mol. The summed E-state index contributed by atoms with van der Waals surface area (Å²) in [6, 6.07) is 4.35. The molecule has 0 saturated carbocycles. The van der Waals surface area contributed by atoms with Crippen molar-refractivity contribution in [1.82, 2.24) is 0 Å². The highest BCUT2D eigenvalue weighted by Crippen LogP contribution is 2.32. The van der Waals surface area contributed by atoms with Crippen molar-refractivity contribution >= 4 is 34.8 Å². The summed E-state index contributed by atoms with van der Waals surface area (Å²) in [5.74, 6) is -0.706. The summed E-state index contributed by atoms with van der Waals surface area (Å²) in [4.78, 5) is 11.4. The first-order valence-corrected chi connectivity index (χ1v) is 6.02. The van der Waals surface area contributed by atoms with Gasteiger partial charge in [0.1, 0.15) is 0 Å². The first-order valence-electron chi connectivity index (χ1n) is 5.15. The lowest BCUT2D eigenvalue weighted by Crippen LogP contribution is -2.35. The van der Waals surface area contributed by atoms with E-state index in [2.05, 4.69) is 6.58 Å². The fraction of sp³-hybridized carbons (Fsp3) is 0.250. The largest absolute Gasteiger partial charge is 0.416 e. The predicted octanol–water partition coefficient (Wildman–Crippen LogP) is 4.03. The van der Waals surface area contributed by atoms with Crippen LogP contribution in [0.15, 0.2) is 36.9 Å². The highest BCUT2D eigenvalue weighted by molar-refractivity contribution is 6.54. The van der Waals surface area contributed by atoms with Gasteiger partial charge < -0.3 is 4.90 Å². The Morgan fingerprint density at radius 2 is 2.05 bits per heavy atom. The summed E-state index contributed by atoms with van der Waals surface area (Å²) >= 11 is 10.9. The molecule has 1 aromatic rings. The van der Waals surface area contributed by atoms with Crippen LogP contribution in [0.2, 0.25) is 0 Å². The van der Waals surface area contributed by atoms with E-state index in [1.165, 1.54) is 18.2 Å². The summed E-state index contributed by atoms with van der Waals surface area (Å²) in [5, 5.41) is 0. The second-order valence-electron chi connectivity index (χ2n) is 3.59. The quantitative estimate of drug-likeness (QED) is 0.607. The van der Waals surface area contributed by atoms with Crippen LogP contribution in [0, 0.1) is 0 Å². The third-order valence-electron chi connectivity index (χ3n) is 2.25. The topological polar surface area (TPSA) is 20.3 Å². The highest BCUT2D eigenvalue weighted by Gasteiger charge is 2.31. The van der Waals surface area contributed by atoms with Gasteiger partial charge in [0.25, 0.3) is 5.91 Å². The molecule has 0 saturated heterocycles. The highest BCUT2D eigenvalue weighted by atomic mass is 35.5. The monoisotopic (exact) mass is 311 g/mol. The molecule has 0 N–H and O–H groups in total. The van der Waals surface area contributed by atoms with Crippen LogP contribution >= 0.6 is 23.2 Å². The lowest BCUT2D eigenvalue weighted by molar-refractivity contribution is -0.137. The van der Waals surface area contributed by atoms with Crippen molar-refractivity contribution in [3.05, 3.63) is 42.5 Å². The van der Waals surface area contributed by atoms with Gasteiger partial charge in [0.15, 0.2) is 4.84 Å². The molecule has 0 fully saturated rings. The molecule has 0 aromatic heterocycles. The van der Waals surface area contributed by atoms with Gasteiger partial charge in [-0.1, -0.05) is 35.3 Å². The number of carbonyl (C=O) groups excluding carboxylic acids is 1. The van der Waals surface area contributed by atoms with E-state index in [0.29, 0.717) is 0 Å². The maximum absolute atomic E-state index is 12.6. The molecule has 1 rings (SSSR count). The standard InChI is InChI=1S/C12H10Cl2F3NO/c1-2-6-18(11(19)10(13)14)9-5-3-4-8(7-9)12(15,16)17/h2-5,7,10H,1,6H2. The van der Waals surface area contributed by atoms with E-state index < -0.39 is 22.5 Å². The molecule has 2 nitrogen and oxygen atoms in total. The molecule has 0 aliphatic carbocycles. The number of anilines is 1. The maximum Gasteiger partial charge on any atom is 0.416 e. The van der Waals surface area contributed by atoms with E-state index >= 15 is 0 Å². The minimum absolute atomic E-state index is 0.0100. The van der Waals surface area contributed by atoms with Crippen LogP contribution in [-0.4, -0.2) is 17.3 Å². The van der Waals surface area contributed by atoms with Crippen LogP contribution < -0.4 is 4.90 Å². The smallest absolute Gasteiger partial charge is 0.306 e. The van der Waals surface area contributed by atoms with Gasteiger partial charge in [-0.05, 0) is 18.2 Å². The van der Waals surface area contributed by atoms with Crippen molar-refractivity contribution in [2.75, 3.05) is 11.4 Å². The lowest BCUT2D eigenvalue weighted by atomic mass is 10.2. The van der Waals surface area contributed by atoms with Gasteiger partial charge in [0.2, 0.25) is 0 Å². The van der Waals surface area contributed by atoms with E-state index in [0.717, 1.165) is 17.0 Å². The van der Waals surface area contributed by atoms with E-state index in [9.17, 15) is 18.0 Å². The molecule has 0 aliphatic heterocycles. The molecule has 0 radical (unpaired) electrons. The van der Waals surface area contributed by atoms with Gasteiger partial charge in [0, 0.05) is 12.2 Å². The second-order valence-corrected chi connectivity index (χ2v) is 4.68. The van der Waals surface area contributed by atoms with Crippen LogP contribution in [0.3, 0.4) is 0 Å². The van der Waals surface area contributed by atoms with E-state index in [1.807, 2.05) is 0 Å². The van der Waals surface area contributed by atoms with Gasteiger partial charge in [-0.3, -0.25) is 4.79 Å². The van der Waals surface area contributed by atoms with Crippen LogP contribution in [-0.2, 0) is 11.0 Å². The van der Waals surface area contributed by atoms with Gasteiger partial charge >= 0.3 is 6.18 Å². The molecule has 0 bridgehead atoms. The van der Waals surface area contributed by atoms with Crippen molar-refractivity contribution in [3.63, 3.8) is 0 Å². The normalized spacial score (nSPS) is 11.5. The Labute approximate surface area is 118 Å². The molecule has 0 spiro atoms. The number of nitrogens with zero attached hydrogens (tertiary/aromatic N) is 1. The van der Waals surface area contributed by atoms with E-state index in [-0.39, 0.29) is 12.2 Å². The SMILES string of the molecule is C=CCN(C(=O)C(Cl)Cl)c1cccc(C(F)(F)F)c1. The lowest BCUT2D eigenvalue weighted by Gasteiger charge is -2.22. The third-order valence-corrected chi connectivity index (χ3v) is 2.62. The van der Waals surface area contributed by atoms with Crippen molar-refractivity contribution in [2.24, 2.45) is 0 Å². The number of rotatable bonds is 4. The second kappa shape index (κ2) is 6.30. The molecule has 104 valence electrons. The maximum atomic E-state index is 12.6. The van der Waals surface area contributed by atoms with Crippen LogP contribution in [0.25, 0.3) is 0 Å². The molecule has 0 aliphatic rings. The summed E-state index contributed by atoms with van der Waals surface area (Å²) < 4.78 is 37.8. The Kier molecular flexibility index (Phi) is 5.26. The average Bonchev–Trinajstić information content (AvgIpc) is 2.34. The first kappa shape index (κ1) is 15.9. The zero-order valence-corrected chi connectivity index (χ0v) is 11.1. The minimum atomic E-state index is -4.49. The molecule has 19 heavy (non-hydrogen) atoms. The predicted molar refractivity (Wildman–Crippen MR) is 69.5 cm³/mol. The Bertz CT molecular complexity index is 474. The minimum Gasteiger partial charge on any atom is -0.306 e. The summed E-state index contributed by atoms with van der Waals surface area (Å²) in [6.07, 6.45) is -3.12. The number of hydrogen-bond acceptors (Lipinski definition) is 1. The van der Waals surface area contributed by atoms with Gasteiger partial charge in [-0.2, -0.15) is 13.2 Å². The number of benzene rings is 1. The first-order chi connectivity index (χ1) is 8.77. The Morgan fingerprint density at radius 1 is 1.42 bits per heavy atom. The third kappa shape index (κ3) is 4.14. The fourth-order valence-corrected chi connectivity index (χ4v) is 1.66. The molecule has 0 atom stereocenters. The number of hydrogen-bond donors (Lipinski definition) is 0. The van der Waals surface area contributed by atoms with E-state index in [1.54, 1.807) is 0 Å². The molecule has 0 heterocycles. The van der Waals surface area contributed by atoms with E-state index in [4.69, 9.17) is 23.2 Å². The van der Waals surface area contributed by atoms with Crippen molar-refractivity contribution in [3.8, 4) is 0 Å². The van der Waals surface area contributed by atoms with Gasteiger partial charge in [-0.25, -0.2) is 0 Å². The molecule has 1 amide bonds. The van der Waals surface area contributed by atoms with Crippen molar-refractivity contribution in [1.29, 1.82) is 0 Å². The Morgan fingerprint density at radius 3 is 2.53 bits per heavy atom. The molecule has 7 heteroatoms. The summed E-state index contributed by atoms with van der Waals surface area (Å²) in [6.45, 7) is 3.45. The van der Waals surface area contributed by atoms with Crippen LogP contribution in [0.4, 0.5) is 18.9 Å². The van der Waals surface area contributed by atoms with Crippen LogP contribution in [0.5, 0.6) is 0 Å². The molecule has 1 aromatic carbocycles. The average molecular weight is 312 g/mol. The Hall–Kier alpha value is -1.20. The zero-order chi connectivity index (χ0) is 14.6. The fourth-order valence-electron chi connectivity index (χ4n) is 1.42. The van der Waals surface area contributed by atoms with Crippen molar-refractivity contribution in [2.45, 2.75) is 11.0 Å². The Balaban J connectivity index is 3.17. The number of amides is 1. The number of carbonyl (C=O) groups is 1. The molecule has 0 unspecified atom stereocenters. The zero-order valence-electron chi connectivity index (χ0n) is 9.62. The van der Waals surface area contributed by atoms with Crippen LogP contribution in [0.1, 0.15) is 5.56 Å².